The van der Waals surface area contributed by atoms with Crippen molar-refractivity contribution in [1.82, 2.24) is 5.32 Å². The summed E-state index contributed by atoms with van der Waals surface area (Å²) in [5.41, 5.74) is 0.589. The van der Waals surface area contributed by atoms with Gasteiger partial charge in [0.05, 0.1) is 0 Å². The Morgan fingerprint density at radius 2 is 1.94 bits per heavy atom. The SMILES string of the molecule is CC1CC(C)(C)CCC1NCCC1CCC1. The van der Waals surface area contributed by atoms with Crippen LogP contribution in [0.5, 0.6) is 0 Å². The maximum Gasteiger partial charge on any atom is 0.00930 e. The van der Waals surface area contributed by atoms with Gasteiger partial charge in [0.15, 0.2) is 0 Å². The van der Waals surface area contributed by atoms with Crippen molar-refractivity contribution in [3.63, 3.8) is 0 Å². The summed E-state index contributed by atoms with van der Waals surface area (Å²) in [5, 5.41) is 3.81. The molecule has 2 saturated carbocycles. The van der Waals surface area contributed by atoms with E-state index in [1.54, 1.807) is 0 Å². The molecule has 1 N–H and O–H groups in total. The highest BCUT2D eigenvalue weighted by Crippen LogP contribution is 2.38. The third kappa shape index (κ3) is 3.23. The molecule has 0 aliphatic heterocycles. The Kier molecular flexibility index (Phi) is 3.94. The van der Waals surface area contributed by atoms with Crippen LogP contribution in [0.25, 0.3) is 0 Å². The Morgan fingerprint density at radius 3 is 2.50 bits per heavy atom. The maximum atomic E-state index is 3.81. The van der Waals surface area contributed by atoms with E-state index in [4.69, 9.17) is 0 Å². The van der Waals surface area contributed by atoms with Crippen molar-refractivity contribution in [3.8, 4) is 0 Å². The molecular weight excluding hydrogens is 194 g/mol. The minimum absolute atomic E-state index is 0.589. The highest BCUT2D eigenvalue weighted by molar-refractivity contribution is 4.87. The second-order valence-corrected chi connectivity index (χ2v) is 7.03. The van der Waals surface area contributed by atoms with E-state index in [1.165, 1.54) is 51.5 Å². The molecule has 2 aliphatic carbocycles. The lowest BCUT2D eigenvalue weighted by atomic mass is 9.70. The Bertz CT molecular complexity index is 217. The first-order chi connectivity index (χ1) is 7.57. The van der Waals surface area contributed by atoms with Gasteiger partial charge in [0.2, 0.25) is 0 Å². The molecule has 2 atom stereocenters. The third-order valence-electron chi connectivity index (χ3n) is 4.88. The molecule has 2 aliphatic rings. The lowest BCUT2D eigenvalue weighted by Crippen LogP contribution is -2.42. The summed E-state index contributed by atoms with van der Waals surface area (Å²) in [5.74, 6) is 1.92. The molecule has 2 fully saturated rings. The first-order valence-corrected chi connectivity index (χ1v) is 7.30. The van der Waals surface area contributed by atoms with Gasteiger partial charge in [-0.05, 0) is 49.5 Å². The topological polar surface area (TPSA) is 12.0 Å². The lowest BCUT2D eigenvalue weighted by molar-refractivity contribution is 0.146. The lowest BCUT2D eigenvalue weighted by Gasteiger charge is -2.40. The number of rotatable bonds is 4. The van der Waals surface area contributed by atoms with Gasteiger partial charge in [-0.25, -0.2) is 0 Å². The molecule has 1 nitrogen and oxygen atoms in total. The van der Waals surface area contributed by atoms with E-state index < -0.39 is 0 Å². The predicted octanol–water partition coefficient (Wildman–Crippen LogP) is 3.98. The van der Waals surface area contributed by atoms with Crippen molar-refractivity contribution in [2.24, 2.45) is 17.3 Å². The van der Waals surface area contributed by atoms with Gasteiger partial charge in [-0.3, -0.25) is 0 Å². The van der Waals surface area contributed by atoms with E-state index in [2.05, 4.69) is 26.1 Å². The van der Waals surface area contributed by atoms with E-state index in [-0.39, 0.29) is 0 Å². The van der Waals surface area contributed by atoms with Crippen LogP contribution in [0.3, 0.4) is 0 Å². The minimum Gasteiger partial charge on any atom is -0.314 e. The molecule has 2 rings (SSSR count). The first kappa shape index (κ1) is 12.4. The molecular formula is C15H29N. The van der Waals surface area contributed by atoms with Crippen molar-refractivity contribution < 1.29 is 0 Å². The largest absolute Gasteiger partial charge is 0.314 e. The molecule has 0 aromatic rings. The number of hydrogen-bond acceptors (Lipinski definition) is 1. The van der Waals surface area contributed by atoms with E-state index in [9.17, 15) is 0 Å². The number of hydrogen-bond donors (Lipinski definition) is 1. The number of nitrogens with one attached hydrogen (secondary N) is 1. The molecule has 16 heavy (non-hydrogen) atoms. The molecule has 2 unspecified atom stereocenters. The van der Waals surface area contributed by atoms with Crippen LogP contribution in [0.2, 0.25) is 0 Å². The summed E-state index contributed by atoms with van der Waals surface area (Å²) in [6.45, 7) is 8.55. The van der Waals surface area contributed by atoms with E-state index >= 15 is 0 Å². The van der Waals surface area contributed by atoms with Crippen LogP contribution in [-0.4, -0.2) is 12.6 Å². The summed E-state index contributed by atoms with van der Waals surface area (Å²) in [6.07, 6.45) is 10.1. The van der Waals surface area contributed by atoms with Crippen LogP contribution < -0.4 is 5.32 Å². The van der Waals surface area contributed by atoms with E-state index in [0.717, 1.165) is 17.9 Å². The van der Waals surface area contributed by atoms with Gasteiger partial charge < -0.3 is 5.32 Å². The average molecular weight is 223 g/mol. The second-order valence-electron chi connectivity index (χ2n) is 7.03. The maximum absolute atomic E-state index is 3.81. The zero-order valence-corrected chi connectivity index (χ0v) is 11.4. The van der Waals surface area contributed by atoms with Crippen molar-refractivity contribution in [1.29, 1.82) is 0 Å². The second kappa shape index (κ2) is 5.08. The monoisotopic (exact) mass is 223 g/mol. The Hall–Kier alpha value is -0.0400. The Balaban J connectivity index is 1.65. The van der Waals surface area contributed by atoms with Crippen LogP contribution in [0.15, 0.2) is 0 Å². The summed E-state index contributed by atoms with van der Waals surface area (Å²) in [7, 11) is 0. The predicted molar refractivity (Wildman–Crippen MR) is 70.5 cm³/mol. The van der Waals surface area contributed by atoms with Crippen LogP contribution in [0, 0.1) is 17.3 Å². The van der Waals surface area contributed by atoms with Gasteiger partial charge in [0, 0.05) is 6.04 Å². The molecule has 0 aromatic carbocycles. The average Bonchev–Trinajstić information content (AvgIpc) is 2.11. The summed E-state index contributed by atoms with van der Waals surface area (Å²) >= 11 is 0. The Labute approximate surface area is 101 Å². The molecule has 0 heterocycles. The van der Waals surface area contributed by atoms with Gasteiger partial charge >= 0.3 is 0 Å². The van der Waals surface area contributed by atoms with Gasteiger partial charge in [0.1, 0.15) is 0 Å². The van der Waals surface area contributed by atoms with Crippen LogP contribution in [0.4, 0.5) is 0 Å². The van der Waals surface area contributed by atoms with Crippen molar-refractivity contribution in [2.75, 3.05) is 6.54 Å². The quantitative estimate of drug-likeness (QED) is 0.760. The molecule has 0 radical (unpaired) electrons. The van der Waals surface area contributed by atoms with Crippen LogP contribution in [-0.2, 0) is 0 Å². The van der Waals surface area contributed by atoms with Crippen molar-refractivity contribution in [2.45, 2.75) is 71.8 Å². The molecule has 1 heteroatoms. The van der Waals surface area contributed by atoms with Crippen molar-refractivity contribution >= 4 is 0 Å². The molecule has 0 amide bonds. The zero-order valence-electron chi connectivity index (χ0n) is 11.4. The summed E-state index contributed by atoms with van der Waals surface area (Å²) in [6, 6.07) is 0.799. The Morgan fingerprint density at radius 1 is 1.19 bits per heavy atom. The highest BCUT2D eigenvalue weighted by atomic mass is 14.9. The molecule has 0 bridgehead atoms. The van der Waals surface area contributed by atoms with Gasteiger partial charge in [-0.15, -0.1) is 0 Å². The summed E-state index contributed by atoms with van der Waals surface area (Å²) in [4.78, 5) is 0. The normalized spacial score (nSPS) is 34.7. The minimum atomic E-state index is 0.589. The third-order valence-corrected chi connectivity index (χ3v) is 4.88. The summed E-state index contributed by atoms with van der Waals surface area (Å²) < 4.78 is 0. The van der Waals surface area contributed by atoms with Crippen molar-refractivity contribution in [3.05, 3.63) is 0 Å². The first-order valence-electron chi connectivity index (χ1n) is 7.30. The molecule has 94 valence electrons. The molecule has 0 aromatic heterocycles. The van der Waals surface area contributed by atoms with Gasteiger partial charge in [-0.2, -0.15) is 0 Å². The molecule has 0 saturated heterocycles. The van der Waals surface area contributed by atoms with Crippen LogP contribution >= 0.6 is 0 Å². The smallest absolute Gasteiger partial charge is 0.00930 e. The van der Waals surface area contributed by atoms with E-state index in [1.807, 2.05) is 0 Å². The standard InChI is InChI=1S/C15H29N/c1-12-11-15(2,3)9-7-14(12)16-10-8-13-5-4-6-13/h12-14,16H,4-11H2,1-3H3. The fourth-order valence-electron chi connectivity index (χ4n) is 3.50. The van der Waals surface area contributed by atoms with Gasteiger partial charge in [0.25, 0.3) is 0 Å². The van der Waals surface area contributed by atoms with Crippen LogP contribution in [0.1, 0.15) is 65.7 Å². The van der Waals surface area contributed by atoms with E-state index in [0.29, 0.717) is 5.41 Å². The fraction of sp³-hybridized carbons (Fsp3) is 1.00. The molecule has 0 spiro atoms. The fourth-order valence-corrected chi connectivity index (χ4v) is 3.50. The highest BCUT2D eigenvalue weighted by Gasteiger charge is 2.31. The van der Waals surface area contributed by atoms with Gasteiger partial charge in [-0.1, -0.05) is 40.0 Å². The zero-order chi connectivity index (χ0) is 11.6.